The van der Waals surface area contributed by atoms with E-state index in [4.69, 9.17) is 11.6 Å². The molecule has 0 aliphatic carbocycles. The van der Waals surface area contributed by atoms with E-state index < -0.39 is 11.5 Å². The van der Waals surface area contributed by atoms with Crippen LogP contribution in [0.1, 0.15) is 82.0 Å². The monoisotopic (exact) mass is 493 g/mol. The first-order chi connectivity index (χ1) is 15.7. The van der Waals surface area contributed by atoms with Crippen molar-refractivity contribution < 1.29 is 14.7 Å². The van der Waals surface area contributed by atoms with Crippen LogP contribution in [-0.4, -0.2) is 32.3 Å². The summed E-state index contributed by atoms with van der Waals surface area (Å²) in [6.45, 7) is 10.1. The van der Waals surface area contributed by atoms with Crippen LogP contribution in [0.25, 0.3) is 0 Å². The lowest BCUT2D eigenvalue weighted by Crippen LogP contribution is -2.39. The van der Waals surface area contributed by atoms with Crippen LogP contribution in [0.3, 0.4) is 0 Å². The van der Waals surface area contributed by atoms with Crippen LogP contribution < -0.4 is 5.32 Å². The molecular weight excluding hydrogens is 458 g/mol. The van der Waals surface area contributed by atoms with Gasteiger partial charge in [0.15, 0.2) is 11.0 Å². The number of nitrogens with zero attached hydrogens (tertiary/aromatic N) is 2. The summed E-state index contributed by atoms with van der Waals surface area (Å²) in [5, 5.41) is 13.2. The maximum Gasteiger partial charge on any atom is 0.336 e. The molecular formula is C25H36ClN3O3S. The molecule has 2 rings (SSSR count). The molecule has 182 valence electrons. The van der Waals surface area contributed by atoms with E-state index in [-0.39, 0.29) is 28.5 Å². The summed E-state index contributed by atoms with van der Waals surface area (Å²) in [7, 11) is 0. The zero-order valence-electron chi connectivity index (χ0n) is 20.2. The highest BCUT2D eigenvalue weighted by atomic mass is 35.5. The highest BCUT2D eigenvalue weighted by Gasteiger charge is 2.39. The van der Waals surface area contributed by atoms with Gasteiger partial charge in [-0.2, -0.15) is 12.6 Å². The summed E-state index contributed by atoms with van der Waals surface area (Å²) in [6, 6.07) is 7.05. The van der Waals surface area contributed by atoms with Crippen molar-refractivity contribution in [3.63, 3.8) is 0 Å². The lowest BCUT2D eigenvalue weighted by Gasteiger charge is -2.38. The number of halogens is 1. The molecule has 0 radical (unpaired) electrons. The average Bonchev–Trinajstić information content (AvgIpc) is 3.09. The van der Waals surface area contributed by atoms with Crippen LogP contribution in [0, 0.1) is 11.8 Å². The summed E-state index contributed by atoms with van der Waals surface area (Å²) >= 11 is 11.0. The smallest absolute Gasteiger partial charge is 0.336 e. The van der Waals surface area contributed by atoms with Crippen molar-refractivity contribution in [2.24, 2.45) is 11.8 Å². The molecule has 2 aromatic rings. The summed E-state index contributed by atoms with van der Waals surface area (Å²) in [4.78, 5) is 29.9. The number of carboxylic acid groups (broad SMARTS) is 1. The highest BCUT2D eigenvalue weighted by molar-refractivity contribution is 7.80. The number of unbranched alkanes of at least 4 members (excludes halogenated alkanes) is 1. The second-order valence-electron chi connectivity index (χ2n) is 8.72. The van der Waals surface area contributed by atoms with Crippen LogP contribution in [-0.2, 0) is 16.8 Å². The minimum atomic E-state index is -0.987. The molecule has 2 N–H and O–H groups in total. The molecule has 0 bridgehead atoms. The molecule has 1 aromatic heterocycles. The average molecular weight is 494 g/mol. The zero-order valence-corrected chi connectivity index (χ0v) is 21.8. The number of aromatic nitrogens is 2. The Morgan fingerprint density at radius 3 is 2.36 bits per heavy atom. The maximum absolute atomic E-state index is 13.2. The molecule has 0 saturated heterocycles. The number of carboxylic acids is 1. The number of imidazole rings is 1. The topological polar surface area (TPSA) is 84.2 Å². The highest BCUT2D eigenvalue weighted by Crippen LogP contribution is 2.42. The normalized spacial score (nSPS) is 12.7. The number of aromatic carboxylic acids is 1. The molecule has 8 heteroatoms. The van der Waals surface area contributed by atoms with Crippen LogP contribution in [0.2, 0.25) is 5.15 Å². The molecule has 0 fully saturated rings. The molecule has 1 atom stereocenters. The Kier molecular flexibility index (Phi) is 9.85. The second kappa shape index (κ2) is 11.9. The predicted octanol–water partition coefficient (Wildman–Crippen LogP) is 6.28. The van der Waals surface area contributed by atoms with Gasteiger partial charge in [0, 0.05) is 18.1 Å². The number of hydrogen-bond acceptors (Lipinski definition) is 4. The van der Waals surface area contributed by atoms with Gasteiger partial charge < -0.3 is 15.0 Å². The number of thiol groups is 1. The van der Waals surface area contributed by atoms with E-state index in [1.54, 1.807) is 12.1 Å². The van der Waals surface area contributed by atoms with Gasteiger partial charge in [0.2, 0.25) is 5.91 Å². The fraction of sp³-hybridized carbons (Fsp3) is 0.560. The molecule has 33 heavy (non-hydrogen) atoms. The summed E-state index contributed by atoms with van der Waals surface area (Å²) in [5.41, 5.74) is 0.175. The third kappa shape index (κ3) is 5.57. The van der Waals surface area contributed by atoms with Gasteiger partial charge in [-0.3, -0.25) is 4.79 Å². The molecule has 1 unspecified atom stereocenters. The van der Waals surface area contributed by atoms with Crippen molar-refractivity contribution >= 4 is 41.9 Å². The van der Waals surface area contributed by atoms with Gasteiger partial charge >= 0.3 is 5.97 Å². The van der Waals surface area contributed by atoms with Crippen LogP contribution in [0.4, 0.5) is 5.82 Å². The molecule has 6 nitrogen and oxygen atoms in total. The maximum atomic E-state index is 13.2. The largest absolute Gasteiger partial charge is 0.478 e. The van der Waals surface area contributed by atoms with Crippen molar-refractivity contribution in [3.8, 4) is 0 Å². The summed E-state index contributed by atoms with van der Waals surface area (Å²) in [5.74, 6) is 0.225. The van der Waals surface area contributed by atoms with Crippen molar-refractivity contribution in [1.29, 1.82) is 0 Å². The van der Waals surface area contributed by atoms with Gasteiger partial charge in [-0.25, -0.2) is 9.78 Å². The molecule has 1 heterocycles. The molecule has 1 aromatic carbocycles. The Morgan fingerprint density at radius 1 is 1.21 bits per heavy atom. The van der Waals surface area contributed by atoms with Crippen LogP contribution in [0.15, 0.2) is 24.3 Å². The van der Waals surface area contributed by atoms with Crippen molar-refractivity contribution in [1.82, 2.24) is 9.55 Å². The number of benzene rings is 1. The van der Waals surface area contributed by atoms with Gasteiger partial charge in [-0.1, -0.05) is 70.8 Å². The number of carbonyl (C=O) groups is 2. The summed E-state index contributed by atoms with van der Waals surface area (Å²) in [6.07, 6.45) is 3.74. The third-order valence-corrected chi connectivity index (χ3v) is 7.15. The number of carbonyl (C=O) groups excluding carboxylic acids is 1. The first-order valence-corrected chi connectivity index (χ1v) is 12.7. The minimum absolute atomic E-state index is 0.104. The predicted molar refractivity (Wildman–Crippen MR) is 138 cm³/mol. The van der Waals surface area contributed by atoms with E-state index in [0.29, 0.717) is 36.4 Å². The standard InChI is InChI=1S/C25H36ClN3O3S/c1-6-9-14-20-27-21(26)22(28-23(30)18(15-33)16(4)5)29(20)25(7-2,8-3)19-13-11-10-12-17(19)24(31)32/h10-13,16,18,33H,6-9,14-15H2,1-5H3,(H,28,30)(H,31,32). The van der Waals surface area contributed by atoms with Crippen molar-refractivity contribution in [3.05, 3.63) is 46.4 Å². The number of hydrogen-bond donors (Lipinski definition) is 3. The quantitative estimate of drug-likeness (QED) is 0.304. The van der Waals surface area contributed by atoms with Gasteiger partial charge in [-0.15, -0.1) is 0 Å². The number of amides is 1. The number of nitrogens with one attached hydrogen (secondary N) is 1. The van der Waals surface area contributed by atoms with Crippen LogP contribution in [0.5, 0.6) is 0 Å². The van der Waals surface area contributed by atoms with Gasteiger partial charge in [0.05, 0.1) is 11.1 Å². The van der Waals surface area contributed by atoms with E-state index in [2.05, 4.69) is 29.9 Å². The Balaban J connectivity index is 2.80. The van der Waals surface area contributed by atoms with Crippen LogP contribution >= 0.6 is 24.2 Å². The molecule has 0 aliphatic heterocycles. The third-order valence-electron chi connectivity index (χ3n) is 6.49. The lowest BCUT2D eigenvalue weighted by atomic mass is 9.81. The Bertz CT molecular complexity index is 970. The Morgan fingerprint density at radius 2 is 1.85 bits per heavy atom. The number of rotatable bonds is 12. The minimum Gasteiger partial charge on any atom is -0.478 e. The lowest BCUT2D eigenvalue weighted by molar-refractivity contribution is -0.120. The van der Waals surface area contributed by atoms with E-state index in [1.807, 2.05) is 44.4 Å². The summed E-state index contributed by atoms with van der Waals surface area (Å²) < 4.78 is 1.99. The van der Waals surface area contributed by atoms with Gasteiger partial charge in [0.1, 0.15) is 5.82 Å². The fourth-order valence-corrected chi connectivity index (χ4v) is 5.27. The first kappa shape index (κ1) is 27.3. The second-order valence-corrected chi connectivity index (χ2v) is 9.44. The molecule has 0 saturated carbocycles. The molecule has 0 spiro atoms. The zero-order chi connectivity index (χ0) is 24.8. The Hall–Kier alpha value is -1.99. The molecule has 0 aliphatic rings. The van der Waals surface area contributed by atoms with Crippen molar-refractivity contribution in [2.45, 2.75) is 72.3 Å². The number of anilines is 1. The Labute approximate surface area is 207 Å². The van der Waals surface area contributed by atoms with Gasteiger partial charge in [-0.05, 0) is 36.8 Å². The van der Waals surface area contributed by atoms with Gasteiger partial charge in [0.25, 0.3) is 0 Å². The fourth-order valence-electron chi connectivity index (χ4n) is 4.46. The molecule has 1 amide bonds. The van der Waals surface area contributed by atoms with Crippen molar-refractivity contribution in [2.75, 3.05) is 11.1 Å². The first-order valence-electron chi connectivity index (χ1n) is 11.7. The van der Waals surface area contributed by atoms with E-state index in [9.17, 15) is 14.7 Å². The number of aryl methyl sites for hydroxylation is 1. The van der Waals surface area contributed by atoms with E-state index >= 15 is 0 Å². The SMILES string of the molecule is CCCCc1nc(Cl)c(NC(=O)C(CS)C(C)C)n1C(CC)(CC)c1ccccc1C(=O)O. The van der Waals surface area contributed by atoms with E-state index in [0.717, 1.165) is 18.7 Å². The van der Waals surface area contributed by atoms with E-state index in [1.165, 1.54) is 0 Å².